The fraction of sp³-hybridized carbons (Fsp3) is 0.776. The van der Waals surface area contributed by atoms with Crippen LogP contribution in [0.25, 0.3) is 0 Å². The molecular weight excluding hydrogens is 793 g/mol. The summed E-state index contributed by atoms with van der Waals surface area (Å²) >= 11 is 0. The average molecular weight is 895 g/mol. The van der Waals surface area contributed by atoms with Gasteiger partial charge in [-0.1, -0.05) is 268 Å². The molecule has 0 bridgehead atoms. The van der Waals surface area contributed by atoms with E-state index in [9.17, 15) is 14.4 Å². The van der Waals surface area contributed by atoms with Gasteiger partial charge < -0.3 is 14.2 Å². The standard InChI is InChI=1S/C58H102O6/c1-4-7-10-13-16-19-22-25-27-28-29-30-32-33-36-39-42-45-48-51-57(60)63-54-55(53-62-56(59)50-47-44-41-38-35-24-21-18-15-12-9-6-3)64-58(61)52-49-46-43-40-37-34-31-26-23-20-17-14-11-8-5-2/h8,11,17,20,26,31,37,40,46,49,55H,4-7,9-10,12-16,18-19,21-25,27-30,32-36,38-39,41-45,47-48,50-54H2,1-3H3/b11-8-,20-17-,31-26-,40-37-,49-46-. The van der Waals surface area contributed by atoms with Gasteiger partial charge in [0.05, 0.1) is 6.42 Å². The number of esters is 3. The predicted octanol–water partition coefficient (Wildman–Crippen LogP) is 18.0. The molecule has 0 radical (unpaired) electrons. The number of allylic oxidation sites excluding steroid dienone is 9. The van der Waals surface area contributed by atoms with Crippen molar-refractivity contribution in [3.63, 3.8) is 0 Å². The Balaban J connectivity index is 4.41. The SMILES string of the molecule is CC/C=C\C/C=C\C/C=C\C/C=C\C/C=C\CC(=O)OC(COC(=O)CCCCCCCCCCCCCC)COC(=O)CCCCCCCCCCCCCCCCCCCCC. The lowest BCUT2D eigenvalue weighted by molar-refractivity contribution is -0.166. The summed E-state index contributed by atoms with van der Waals surface area (Å²) in [6.45, 7) is 6.46. The Hall–Kier alpha value is -2.89. The third kappa shape index (κ3) is 50.1. The molecule has 0 aliphatic rings. The van der Waals surface area contributed by atoms with E-state index in [-0.39, 0.29) is 31.6 Å². The molecule has 0 heterocycles. The lowest BCUT2D eigenvalue weighted by atomic mass is 10.0. The summed E-state index contributed by atoms with van der Waals surface area (Å²) in [4.78, 5) is 38.0. The van der Waals surface area contributed by atoms with Crippen molar-refractivity contribution < 1.29 is 28.6 Å². The summed E-state index contributed by atoms with van der Waals surface area (Å²) in [5, 5.41) is 0. The third-order valence-electron chi connectivity index (χ3n) is 11.8. The van der Waals surface area contributed by atoms with Crippen LogP contribution in [0, 0.1) is 0 Å². The number of ether oxygens (including phenoxy) is 3. The van der Waals surface area contributed by atoms with Crippen LogP contribution in [0.4, 0.5) is 0 Å². The normalized spacial score (nSPS) is 12.5. The number of hydrogen-bond donors (Lipinski definition) is 0. The maximum absolute atomic E-state index is 12.7. The van der Waals surface area contributed by atoms with Crippen molar-refractivity contribution in [2.45, 2.75) is 277 Å². The van der Waals surface area contributed by atoms with Gasteiger partial charge in [-0.25, -0.2) is 0 Å². The summed E-state index contributed by atoms with van der Waals surface area (Å²) < 4.78 is 16.7. The van der Waals surface area contributed by atoms with Crippen LogP contribution < -0.4 is 0 Å². The Kier molecular flexibility index (Phi) is 50.4. The van der Waals surface area contributed by atoms with Crippen LogP contribution in [-0.2, 0) is 28.6 Å². The van der Waals surface area contributed by atoms with E-state index in [4.69, 9.17) is 14.2 Å². The van der Waals surface area contributed by atoms with Gasteiger partial charge in [-0.3, -0.25) is 14.4 Å². The highest BCUT2D eigenvalue weighted by Gasteiger charge is 2.19. The van der Waals surface area contributed by atoms with Gasteiger partial charge in [-0.05, 0) is 44.9 Å². The lowest BCUT2D eigenvalue weighted by Crippen LogP contribution is -2.30. The smallest absolute Gasteiger partial charge is 0.310 e. The molecule has 1 atom stereocenters. The molecule has 0 aromatic rings. The second-order valence-corrected chi connectivity index (χ2v) is 18.1. The van der Waals surface area contributed by atoms with Crippen LogP contribution in [0.3, 0.4) is 0 Å². The molecule has 0 aromatic carbocycles. The molecule has 0 amide bonds. The molecule has 6 nitrogen and oxygen atoms in total. The molecule has 0 spiro atoms. The van der Waals surface area contributed by atoms with Gasteiger partial charge in [0.2, 0.25) is 0 Å². The summed E-state index contributed by atoms with van der Waals surface area (Å²) in [5.41, 5.74) is 0. The molecule has 0 N–H and O–H groups in total. The van der Waals surface area contributed by atoms with Gasteiger partial charge in [0.25, 0.3) is 0 Å². The second kappa shape index (κ2) is 52.7. The molecule has 6 heteroatoms. The molecule has 0 aliphatic heterocycles. The van der Waals surface area contributed by atoms with Gasteiger partial charge >= 0.3 is 17.9 Å². The van der Waals surface area contributed by atoms with Crippen molar-refractivity contribution in [1.29, 1.82) is 0 Å². The summed E-state index contributed by atoms with van der Waals surface area (Å²) in [6, 6.07) is 0. The highest BCUT2D eigenvalue weighted by Crippen LogP contribution is 2.16. The largest absolute Gasteiger partial charge is 0.462 e. The van der Waals surface area contributed by atoms with E-state index in [2.05, 4.69) is 69.4 Å². The zero-order valence-electron chi connectivity index (χ0n) is 42.3. The van der Waals surface area contributed by atoms with Gasteiger partial charge in [-0.15, -0.1) is 0 Å². The maximum Gasteiger partial charge on any atom is 0.310 e. The Bertz CT molecular complexity index is 1170. The van der Waals surface area contributed by atoms with Gasteiger partial charge in [0.1, 0.15) is 13.2 Å². The predicted molar refractivity (Wildman–Crippen MR) is 275 cm³/mol. The molecule has 1 unspecified atom stereocenters. The first-order valence-electron chi connectivity index (χ1n) is 27.3. The van der Waals surface area contributed by atoms with Crippen LogP contribution in [0.1, 0.15) is 271 Å². The number of hydrogen-bond acceptors (Lipinski definition) is 6. The molecule has 64 heavy (non-hydrogen) atoms. The van der Waals surface area contributed by atoms with Gasteiger partial charge in [0.15, 0.2) is 6.10 Å². The van der Waals surface area contributed by atoms with Crippen molar-refractivity contribution in [2.75, 3.05) is 13.2 Å². The summed E-state index contributed by atoms with van der Waals surface area (Å²) in [5.74, 6) is -1.03. The molecule has 0 aromatic heterocycles. The molecule has 0 aliphatic carbocycles. The molecule has 0 saturated heterocycles. The zero-order chi connectivity index (χ0) is 46.5. The second-order valence-electron chi connectivity index (χ2n) is 18.1. The van der Waals surface area contributed by atoms with Gasteiger partial charge in [0, 0.05) is 12.8 Å². The highest BCUT2D eigenvalue weighted by atomic mass is 16.6. The van der Waals surface area contributed by atoms with Crippen LogP contribution in [0.15, 0.2) is 60.8 Å². The average Bonchev–Trinajstić information content (AvgIpc) is 3.29. The minimum atomic E-state index is -0.824. The summed E-state index contributed by atoms with van der Waals surface area (Å²) in [7, 11) is 0. The molecule has 370 valence electrons. The van der Waals surface area contributed by atoms with Crippen LogP contribution in [0.2, 0.25) is 0 Å². The number of unbranched alkanes of at least 4 members (excludes halogenated alkanes) is 29. The molecule has 0 rings (SSSR count). The first-order chi connectivity index (χ1) is 31.5. The number of carbonyl (C=O) groups is 3. The first-order valence-corrected chi connectivity index (χ1v) is 27.3. The fourth-order valence-corrected chi connectivity index (χ4v) is 7.75. The molecular formula is C58H102O6. The number of rotatable bonds is 49. The Labute approximate surface area is 396 Å². The zero-order valence-corrected chi connectivity index (χ0v) is 42.3. The summed E-state index contributed by atoms with van der Waals surface area (Å²) in [6.07, 6.45) is 65.2. The van der Waals surface area contributed by atoms with Gasteiger partial charge in [-0.2, -0.15) is 0 Å². The van der Waals surface area contributed by atoms with Crippen LogP contribution in [-0.4, -0.2) is 37.2 Å². The van der Waals surface area contributed by atoms with Crippen molar-refractivity contribution in [3.05, 3.63) is 60.8 Å². The Morgan fingerprint density at radius 1 is 0.328 bits per heavy atom. The topological polar surface area (TPSA) is 78.9 Å². The van der Waals surface area contributed by atoms with Crippen molar-refractivity contribution in [2.24, 2.45) is 0 Å². The molecule has 0 saturated carbocycles. The van der Waals surface area contributed by atoms with Crippen molar-refractivity contribution >= 4 is 17.9 Å². The van der Waals surface area contributed by atoms with E-state index < -0.39 is 12.1 Å². The van der Waals surface area contributed by atoms with E-state index in [0.717, 1.165) is 70.6 Å². The Morgan fingerprint density at radius 3 is 0.891 bits per heavy atom. The van der Waals surface area contributed by atoms with Crippen LogP contribution >= 0.6 is 0 Å². The maximum atomic E-state index is 12.7. The lowest BCUT2D eigenvalue weighted by Gasteiger charge is -2.18. The van der Waals surface area contributed by atoms with Crippen LogP contribution in [0.5, 0.6) is 0 Å². The number of carbonyl (C=O) groups excluding carboxylic acids is 3. The fourth-order valence-electron chi connectivity index (χ4n) is 7.75. The third-order valence-corrected chi connectivity index (χ3v) is 11.8. The van der Waals surface area contributed by atoms with E-state index >= 15 is 0 Å². The van der Waals surface area contributed by atoms with Crippen molar-refractivity contribution in [3.8, 4) is 0 Å². The minimum Gasteiger partial charge on any atom is -0.462 e. The Morgan fingerprint density at radius 2 is 0.594 bits per heavy atom. The van der Waals surface area contributed by atoms with E-state index in [1.54, 1.807) is 6.08 Å². The van der Waals surface area contributed by atoms with Crippen molar-refractivity contribution in [1.82, 2.24) is 0 Å². The quantitative estimate of drug-likeness (QED) is 0.0262. The minimum absolute atomic E-state index is 0.101. The van der Waals surface area contributed by atoms with E-state index in [1.165, 1.54) is 161 Å². The highest BCUT2D eigenvalue weighted by molar-refractivity contribution is 5.72. The first kappa shape index (κ1) is 61.1. The van der Waals surface area contributed by atoms with E-state index in [1.807, 2.05) is 6.08 Å². The molecule has 0 fully saturated rings. The monoisotopic (exact) mass is 895 g/mol. The van der Waals surface area contributed by atoms with E-state index in [0.29, 0.717) is 12.8 Å².